The summed E-state index contributed by atoms with van der Waals surface area (Å²) in [5, 5.41) is 6.16. The first kappa shape index (κ1) is 19.1. The predicted molar refractivity (Wildman–Crippen MR) is 91.7 cm³/mol. The Kier molecular flexibility index (Phi) is 5.39. The molecule has 7 nitrogen and oxygen atoms in total. The first-order valence-corrected chi connectivity index (χ1v) is 7.93. The Bertz CT molecular complexity index is 973. The molecule has 2 aromatic carbocycles. The van der Waals surface area contributed by atoms with Crippen molar-refractivity contribution in [3.8, 4) is 5.69 Å². The number of alkyl halides is 3. The van der Waals surface area contributed by atoms with Crippen LogP contribution in [0.4, 0.5) is 18.9 Å². The van der Waals surface area contributed by atoms with Crippen molar-refractivity contribution in [1.82, 2.24) is 14.8 Å². The molecule has 10 heteroatoms. The SMILES string of the molecule is O=C(COC(=O)c1ccccc1)Nc1cc(C(F)(F)F)ccc1-n1cncn1. The average molecular weight is 390 g/mol. The van der Waals surface area contributed by atoms with Gasteiger partial charge in [-0.15, -0.1) is 0 Å². The van der Waals surface area contributed by atoms with Gasteiger partial charge in [-0.1, -0.05) is 18.2 Å². The molecule has 3 aromatic rings. The minimum atomic E-state index is -4.60. The molecule has 0 aliphatic carbocycles. The molecule has 0 unspecified atom stereocenters. The molecule has 0 atom stereocenters. The standard InChI is InChI=1S/C18H13F3N4O3/c19-18(20,21)13-6-7-15(25-11-22-10-23-25)14(8-13)24-16(26)9-28-17(27)12-4-2-1-3-5-12/h1-8,10-11H,9H2,(H,24,26). The second kappa shape index (κ2) is 7.91. The molecule has 0 spiro atoms. The average Bonchev–Trinajstić information content (AvgIpc) is 3.20. The molecule has 0 radical (unpaired) electrons. The number of aromatic nitrogens is 3. The van der Waals surface area contributed by atoms with E-state index in [4.69, 9.17) is 4.74 Å². The third-order valence-corrected chi connectivity index (χ3v) is 3.61. The number of benzene rings is 2. The molecular formula is C18H13F3N4O3. The Morgan fingerprint density at radius 1 is 1.11 bits per heavy atom. The molecule has 28 heavy (non-hydrogen) atoms. The van der Waals surface area contributed by atoms with Gasteiger partial charge in [0.2, 0.25) is 0 Å². The summed E-state index contributed by atoms with van der Waals surface area (Å²) in [6.45, 7) is -0.666. The predicted octanol–water partition coefficient (Wildman–Crippen LogP) is 3.08. The number of nitrogens with zero attached hydrogens (tertiary/aromatic N) is 3. The van der Waals surface area contributed by atoms with Crippen molar-refractivity contribution < 1.29 is 27.5 Å². The Labute approximate surface area is 156 Å². The molecule has 0 aliphatic heterocycles. The van der Waals surface area contributed by atoms with Crippen molar-refractivity contribution in [2.45, 2.75) is 6.18 Å². The van der Waals surface area contributed by atoms with Crippen molar-refractivity contribution in [2.75, 3.05) is 11.9 Å². The summed E-state index contributed by atoms with van der Waals surface area (Å²) < 4.78 is 45.1. The van der Waals surface area contributed by atoms with Crippen molar-refractivity contribution in [3.63, 3.8) is 0 Å². The lowest BCUT2D eigenvalue weighted by Crippen LogP contribution is -2.22. The van der Waals surface area contributed by atoms with E-state index in [-0.39, 0.29) is 16.9 Å². The molecule has 0 bridgehead atoms. The van der Waals surface area contributed by atoms with Gasteiger partial charge < -0.3 is 10.1 Å². The fraction of sp³-hybridized carbons (Fsp3) is 0.111. The van der Waals surface area contributed by atoms with Gasteiger partial charge in [0.05, 0.1) is 22.5 Å². The number of halogens is 3. The molecule has 0 saturated heterocycles. The maximum Gasteiger partial charge on any atom is 0.416 e. The van der Waals surface area contributed by atoms with E-state index in [9.17, 15) is 22.8 Å². The number of rotatable bonds is 5. The molecule has 144 valence electrons. The van der Waals surface area contributed by atoms with Gasteiger partial charge in [-0.3, -0.25) is 4.79 Å². The summed E-state index contributed by atoms with van der Waals surface area (Å²) in [6.07, 6.45) is -2.13. The largest absolute Gasteiger partial charge is 0.452 e. The van der Waals surface area contributed by atoms with Gasteiger partial charge in [0, 0.05) is 0 Å². The van der Waals surface area contributed by atoms with E-state index < -0.39 is 30.2 Å². The fourth-order valence-corrected chi connectivity index (χ4v) is 2.32. The normalized spacial score (nSPS) is 11.1. The highest BCUT2D eigenvalue weighted by Crippen LogP contribution is 2.33. The summed E-state index contributed by atoms with van der Waals surface area (Å²) in [4.78, 5) is 27.7. The second-order valence-electron chi connectivity index (χ2n) is 5.56. The fourth-order valence-electron chi connectivity index (χ4n) is 2.32. The van der Waals surface area contributed by atoms with Crippen molar-refractivity contribution in [3.05, 3.63) is 72.3 Å². The molecule has 1 heterocycles. The van der Waals surface area contributed by atoms with Crippen molar-refractivity contribution in [1.29, 1.82) is 0 Å². The van der Waals surface area contributed by atoms with Crippen LogP contribution in [0.15, 0.2) is 61.2 Å². The highest BCUT2D eigenvalue weighted by molar-refractivity contribution is 5.96. The van der Waals surface area contributed by atoms with Crippen LogP contribution in [-0.4, -0.2) is 33.2 Å². The third-order valence-electron chi connectivity index (χ3n) is 3.61. The van der Waals surface area contributed by atoms with Crippen LogP contribution in [0.2, 0.25) is 0 Å². The van der Waals surface area contributed by atoms with E-state index >= 15 is 0 Å². The van der Waals surface area contributed by atoms with E-state index in [2.05, 4.69) is 15.4 Å². The first-order valence-electron chi connectivity index (χ1n) is 7.93. The minimum absolute atomic E-state index is 0.152. The van der Waals surface area contributed by atoms with Gasteiger partial charge in [-0.25, -0.2) is 14.5 Å². The smallest absolute Gasteiger partial charge is 0.416 e. The van der Waals surface area contributed by atoms with Crippen LogP contribution >= 0.6 is 0 Å². The van der Waals surface area contributed by atoms with Gasteiger partial charge in [0.1, 0.15) is 12.7 Å². The Morgan fingerprint density at radius 2 is 1.86 bits per heavy atom. The van der Waals surface area contributed by atoms with Gasteiger partial charge in [0.15, 0.2) is 6.61 Å². The summed E-state index contributed by atoms with van der Waals surface area (Å²) in [5.41, 5.74) is -0.681. The molecule has 3 rings (SSSR count). The lowest BCUT2D eigenvalue weighted by atomic mass is 10.1. The number of nitrogens with one attached hydrogen (secondary N) is 1. The summed E-state index contributed by atoms with van der Waals surface area (Å²) >= 11 is 0. The van der Waals surface area contributed by atoms with Gasteiger partial charge >= 0.3 is 12.1 Å². The number of amides is 1. The number of carbonyl (C=O) groups excluding carboxylic acids is 2. The molecular weight excluding hydrogens is 377 g/mol. The van der Waals surface area contributed by atoms with E-state index in [0.29, 0.717) is 0 Å². The minimum Gasteiger partial charge on any atom is -0.452 e. The Hall–Kier alpha value is -3.69. The molecule has 0 aliphatic rings. The first-order chi connectivity index (χ1) is 13.3. The van der Waals surface area contributed by atoms with E-state index in [1.807, 2.05) is 0 Å². The lowest BCUT2D eigenvalue weighted by Gasteiger charge is -2.14. The Balaban J connectivity index is 1.76. The summed E-state index contributed by atoms with van der Waals surface area (Å²) in [7, 11) is 0. The number of ether oxygens (including phenoxy) is 1. The maximum atomic E-state index is 13.0. The van der Waals surface area contributed by atoms with Crippen LogP contribution in [0, 0.1) is 0 Å². The van der Waals surface area contributed by atoms with Crippen molar-refractivity contribution >= 4 is 17.6 Å². The zero-order valence-corrected chi connectivity index (χ0v) is 14.2. The van der Waals surface area contributed by atoms with Crippen LogP contribution in [0.3, 0.4) is 0 Å². The monoisotopic (exact) mass is 390 g/mol. The maximum absolute atomic E-state index is 13.0. The molecule has 0 fully saturated rings. The summed E-state index contributed by atoms with van der Waals surface area (Å²) in [6, 6.07) is 10.8. The van der Waals surface area contributed by atoms with Crippen LogP contribution in [0.5, 0.6) is 0 Å². The van der Waals surface area contributed by atoms with Crippen LogP contribution < -0.4 is 5.32 Å². The molecule has 1 amide bonds. The number of esters is 1. The van der Waals surface area contributed by atoms with Crippen molar-refractivity contribution in [2.24, 2.45) is 0 Å². The van der Waals surface area contributed by atoms with E-state index in [1.54, 1.807) is 18.2 Å². The molecule has 1 N–H and O–H groups in total. The molecule has 0 saturated carbocycles. The zero-order chi connectivity index (χ0) is 20.1. The highest BCUT2D eigenvalue weighted by Gasteiger charge is 2.31. The van der Waals surface area contributed by atoms with Gasteiger partial charge in [0.25, 0.3) is 5.91 Å². The van der Waals surface area contributed by atoms with Gasteiger partial charge in [-0.2, -0.15) is 18.3 Å². The summed E-state index contributed by atoms with van der Waals surface area (Å²) in [5.74, 6) is -1.53. The van der Waals surface area contributed by atoms with E-state index in [1.165, 1.54) is 29.5 Å². The number of anilines is 1. The zero-order valence-electron chi connectivity index (χ0n) is 14.2. The molecule has 1 aromatic heterocycles. The van der Waals surface area contributed by atoms with Crippen LogP contribution in [0.1, 0.15) is 15.9 Å². The van der Waals surface area contributed by atoms with Crippen LogP contribution in [0.25, 0.3) is 5.69 Å². The number of carbonyl (C=O) groups is 2. The quantitative estimate of drug-likeness (QED) is 0.677. The number of hydrogen-bond donors (Lipinski definition) is 1. The number of hydrogen-bond acceptors (Lipinski definition) is 5. The van der Waals surface area contributed by atoms with Crippen LogP contribution in [-0.2, 0) is 15.7 Å². The Morgan fingerprint density at radius 3 is 2.50 bits per heavy atom. The second-order valence-corrected chi connectivity index (χ2v) is 5.56. The third kappa shape index (κ3) is 4.53. The highest BCUT2D eigenvalue weighted by atomic mass is 19.4. The van der Waals surface area contributed by atoms with Gasteiger partial charge in [-0.05, 0) is 30.3 Å². The lowest BCUT2D eigenvalue weighted by molar-refractivity contribution is -0.137. The van der Waals surface area contributed by atoms with E-state index in [0.717, 1.165) is 18.2 Å². The topological polar surface area (TPSA) is 86.1 Å².